The van der Waals surface area contributed by atoms with Crippen LogP contribution in [0.1, 0.15) is 36.1 Å². The maximum absolute atomic E-state index is 13.3. The van der Waals surface area contributed by atoms with Crippen LogP contribution in [0.4, 0.5) is 4.39 Å². The molecule has 2 aromatic rings. The molecule has 0 aliphatic carbocycles. The molecule has 1 unspecified atom stereocenters. The van der Waals surface area contributed by atoms with E-state index in [-0.39, 0.29) is 5.82 Å². The van der Waals surface area contributed by atoms with Gasteiger partial charge in [-0.2, -0.15) is 0 Å². The molecule has 1 nitrogen and oxygen atoms in total. The van der Waals surface area contributed by atoms with Crippen LogP contribution in [0, 0.1) is 12.7 Å². The molecule has 2 rings (SSSR count). The van der Waals surface area contributed by atoms with Gasteiger partial charge in [0.1, 0.15) is 5.82 Å². The molecule has 19 heavy (non-hydrogen) atoms. The fourth-order valence-corrected chi connectivity index (χ4v) is 2.22. The van der Waals surface area contributed by atoms with Gasteiger partial charge >= 0.3 is 0 Å². The number of aryl methyl sites for hydroxylation is 2. The van der Waals surface area contributed by atoms with Crippen LogP contribution in [0.3, 0.4) is 0 Å². The molecular weight excluding hydrogens is 237 g/mol. The van der Waals surface area contributed by atoms with E-state index < -0.39 is 5.54 Å². The molecule has 0 saturated heterocycles. The first-order valence-electron chi connectivity index (χ1n) is 6.60. The molecule has 2 aromatic carbocycles. The highest BCUT2D eigenvalue weighted by Gasteiger charge is 2.24. The second-order valence-electron chi connectivity index (χ2n) is 5.22. The smallest absolute Gasteiger partial charge is 0.126 e. The Morgan fingerprint density at radius 2 is 1.63 bits per heavy atom. The van der Waals surface area contributed by atoms with Crippen molar-refractivity contribution in [3.63, 3.8) is 0 Å². The third-order valence-electron chi connectivity index (χ3n) is 3.72. The van der Waals surface area contributed by atoms with E-state index in [0.29, 0.717) is 5.56 Å². The topological polar surface area (TPSA) is 26.0 Å². The van der Waals surface area contributed by atoms with E-state index in [1.54, 1.807) is 13.0 Å². The normalized spacial score (nSPS) is 14.2. The molecule has 0 aromatic heterocycles. The zero-order chi connectivity index (χ0) is 14.0. The van der Waals surface area contributed by atoms with Crippen LogP contribution in [-0.4, -0.2) is 0 Å². The summed E-state index contributed by atoms with van der Waals surface area (Å²) in [5.74, 6) is -0.194. The minimum absolute atomic E-state index is 0.194. The van der Waals surface area contributed by atoms with E-state index in [2.05, 4.69) is 31.2 Å². The number of hydrogen-bond acceptors (Lipinski definition) is 1. The van der Waals surface area contributed by atoms with Crippen molar-refractivity contribution in [3.8, 4) is 0 Å². The Labute approximate surface area is 114 Å². The molecule has 0 heterocycles. The summed E-state index contributed by atoms with van der Waals surface area (Å²) in [5.41, 5.74) is 9.72. The van der Waals surface area contributed by atoms with Crippen molar-refractivity contribution in [2.45, 2.75) is 32.7 Å². The lowest BCUT2D eigenvalue weighted by Crippen LogP contribution is -2.34. The van der Waals surface area contributed by atoms with Gasteiger partial charge in [-0.15, -0.1) is 0 Å². The molecule has 0 aliphatic heterocycles. The van der Waals surface area contributed by atoms with Gasteiger partial charge in [0.15, 0.2) is 0 Å². The predicted molar refractivity (Wildman–Crippen MR) is 77.6 cm³/mol. The Hall–Kier alpha value is -1.67. The lowest BCUT2D eigenvalue weighted by atomic mass is 9.84. The first-order valence-corrected chi connectivity index (χ1v) is 6.60. The summed E-state index contributed by atoms with van der Waals surface area (Å²) in [6, 6.07) is 13.4. The van der Waals surface area contributed by atoms with Gasteiger partial charge < -0.3 is 5.73 Å². The van der Waals surface area contributed by atoms with Crippen LogP contribution in [-0.2, 0) is 12.0 Å². The molecule has 100 valence electrons. The van der Waals surface area contributed by atoms with Crippen molar-refractivity contribution in [1.29, 1.82) is 0 Å². The van der Waals surface area contributed by atoms with E-state index in [9.17, 15) is 4.39 Å². The lowest BCUT2D eigenvalue weighted by Gasteiger charge is -2.26. The van der Waals surface area contributed by atoms with Crippen molar-refractivity contribution in [2.24, 2.45) is 5.73 Å². The maximum atomic E-state index is 13.3. The van der Waals surface area contributed by atoms with Crippen LogP contribution in [0.2, 0.25) is 0 Å². The summed E-state index contributed by atoms with van der Waals surface area (Å²) >= 11 is 0. The minimum Gasteiger partial charge on any atom is -0.318 e. The molecule has 0 fully saturated rings. The van der Waals surface area contributed by atoms with Crippen LogP contribution >= 0.6 is 0 Å². The van der Waals surface area contributed by atoms with Crippen molar-refractivity contribution in [2.75, 3.05) is 0 Å². The average molecular weight is 257 g/mol. The maximum Gasteiger partial charge on any atom is 0.126 e. The molecule has 0 saturated carbocycles. The van der Waals surface area contributed by atoms with E-state index in [4.69, 9.17) is 5.73 Å². The Bertz CT molecular complexity index is 570. The second-order valence-corrected chi connectivity index (χ2v) is 5.22. The summed E-state index contributed by atoms with van der Waals surface area (Å²) in [5, 5.41) is 0. The first-order chi connectivity index (χ1) is 8.95. The number of halogens is 1. The second kappa shape index (κ2) is 5.14. The van der Waals surface area contributed by atoms with Crippen molar-refractivity contribution in [3.05, 3.63) is 70.5 Å². The fourth-order valence-electron chi connectivity index (χ4n) is 2.22. The highest BCUT2D eigenvalue weighted by atomic mass is 19.1. The van der Waals surface area contributed by atoms with Gasteiger partial charge in [-0.05, 0) is 48.6 Å². The molecular formula is C17H20FN. The van der Waals surface area contributed by atoms with Gasteiger partial charge in [-0.1, -0.05) is 43.3 Å². The Balaban J connectivity index is 2.41. The molecule has 2 heteroatoms. The van der Waals surface area contributed by atoms with Gasteiger partial charge in [0, 0.05) is 0 Å². The molecule has 0 aliphatic rings. The highest BCUT2D eigenvalue weighted by Crippen LogP contribution is 2.28. The van der Waals surface area contributed by atoms with E-state index in [0.717, 1.165) is 17.5 Å². The highest BCUT2D eigenvalue weighted by molar-refractivity contribution is 5.40. The zero-order valence-corrected chi connectivity index (χ0v) is 11.7. The Morgan fingerprint density at radius 1 is 1.05 bits per heavy atom. The van der Waals surface area contributed by atoms with Crippen molar-refractivity contribution in [1.82, 2.24) is 0 Å². The number of rotatable bonds is 3. The summed E-state index contributed by atoms with van der Waals surface area (Å²) in [7, 11) is 0. The standard InChI is InChI=1S/C17H20FN/c1-4-13-5-7-14(8-6-13)17(3,19)15-9-10-16(18)12(2)11-15/h5-11H,4,19H2,1-3H3. The Morgan fingerprint density at radius 3 is 2.16 bits per heavy atom. The van der Waals surface area contributed by atoms with Crippen molar-refractivity contribution < 1.29 is 4.39 Å². The van der Waals surface area contributed by atoms with Crippen LogP contribution in [0.15, 0.2) is 42.5 Å². The summed E-state index contributed by atoms with van der Waals surface area (Å²) < 4.78 is 13.3. The molecule has 0 bridgehead atoms. The van der Waals surface area contributed by atoms with Crippen LogP contribution < -0.4 is 5.73 Å². The van der Waals surface area contributed by atoms with Gasteiger partial charge in [-0.3, -0.25) is 0 Å². The largest absolute Gasteiger partial charge is 0.318 e. The van der Waals surface area contributed by atoms with Crippen LogP contribution in [0.5, 0.6) is 0 Å². The predicted octanol–water partition coefficient (Wildman–Crippen LogP) is 3.92. The van der Waals surface area contributed by atoms with Crippen LogP contribution in [0.25, 0.3) is 0 Å². The van der Waals surface area contributed by atoms with E-state index >= 15 is 0 Å². The van der Waals surface area contributed by atoms with Gasteiger partial charge in [0.25, 0.3) is 0 Å². The van der Waals surface area contributed by atoms with Gasteiger partial charge in [0.2, 0.25) is 0 Å². The summed E-state index contributed by atoms with van der Waals surface area (Å²) in [4.78, 5) is 0. The van der Waals surface area contributed by atoms with E-state index in [1.807, 2.05) is 13.0 Å². The fraction of sp³-hybridized carbons (Fsp3) is 0.294. The van der Waals surface area contributed by atoms with Gasteiger partial charge in [0.05, 0.1) is 5.54 Å². The molecule has 2 N–H and O–H groups in total. The molecule has 0 spiro atoms. The van der Waals surface area contributed by atoms with Gasteiger partial charge in [-0.25, -0.2) is 4.39 Å². The SMILES string of the molecule is CCc1ccc(C(C)(N)c2ccc(F)c(C)c2)cc1. The summed E-state index contributed by atoms with van der Waals surface area (Å²) in [6.07, 6.45) is 1.01. The van der Waals surface area contributed by atoms with E-state index in [1.165, 1.54) is 11.6 Å². The minimum atomic E-state index is -0.606. The lowest BCUT2D eigenvalue weighted by molar-refractivity contribution is 0.588. The Kier molecular flexibility index (Phi) is 3.72. The monoisotopic (exact) mass is 257 g/mol. The number of nitrogens with two attached hydrogens (primary N) is 1. The first kappa shape index (κ1) is 13.8. The number of hydrogen-bond donors (Lipinski definition) is 1. The number of benzene rings is 2. The zero-order valence-electron chi connectivity index (χ0n) is 11.7. The molecule has 0 radical (unpaired) electrons. The third kappa shape index (κ3) is 2.69. The third-order valence-corrected chi connectivity index (χ3v) is 3.72. The summed E-state index contributed by atoms with van der Waals surface area (Å²) in [6.45, 7) is 5.84. The average Bonchev–Trinajstić information content (AvgIpc) is 2.41. The quantitative estimate of drug-likeness (QED) is 0.886. The molecule has 1 atom stereocenters. The van der Waals surface area contributed by atoms with Crippen molar-refractivity contribution >= 4 is 0 Å². The molecule has 0 amide bonds.